The van der Waals surface area contributed by atoms with E-state index >= 15 is 0 Å². The van der Waals surface area contributed by atoms with E-state index in [4.69, 9.17) is 4.74 Å². The average molecular weight is 305 g/mol. The number of amides is 1. The number of aliphatic hydroxyl groups excluding tert-OH is 1. The minimum absolute atomic E-state index is 0.0492. The predicted octanol–water partition coefficient (Wildman–Crippen LogP) is 2.86. The smallest absolute Gasteiger partial charge is 0.220 e. The zero-order valence-electron chi connectivity index (χ0n) is 13.5. The van der Waals surface area contributed by atoms with Gasteiger partial charge in [0, 0.05) is 18.9 Å². The van der Waals surface area contributed by atoms with Crippen LogP contribution < -0.4 is 10.1 Å². The van der Waals surface area contributed by atoms with Crippen LogP contribution in [0.1, 0.15) is 50.5 Å². The summed E-state index contributed by atoms with van der Waals surface area (Å²) in [6, 6.07) is 7.84. The number of ether oxygens (including phenoxy) is 1. The van der Waals surface area contributed by atoms with Crippen molar-refractivity contribution in [2.75, 3.05) is 13.7 Å². The summed E-state index contributed by atoms with van der Waals surface area (Å²) in [7, 11) is 1.64. The van der Waals surface area contributed by atoms with Gasteiger partial charge in [-0.05, 0) is 36.5 Å². The van der Waals surface area contributed by atoms with E-state index in [-0.39, 0.29) is 23.8 Å². The summed E-state index contributed by atoms with van der Waals surface area (Å²) >= 11 is 0. The Bertz CT molecular complexity index is 489. The van der Waals surface area contributed by atoms with E-state index in [9.17, 15) is 9.90 Å². The van der Waals surface area contributed by atoms with Gasteiger partial charge in [0.05, 0.1) is 13.2 Å². The van der Waals surface area contributed by atoms with Crippen LogP contribution in [0, 0.1) is 5.92 Å². The SMILES string of the molecule is COc1cccc([C@H](C)CC(=O)NC[C@H]2CCCC[C@H]2O)c1. The van der Waals surface area contributed by atoms with Gasteiger partial charge in [0.2, 0.25) is 5.91 Å². The first-order valence-electron chi connectivity index (χ1n) is 8.19. The van der Waals surface area contributed by atoms with Gasteiger partial charge in [-0.1, -0.05) is 31.9 Å². The highest BCUT2D eigenvalue weighted by Gasteiger charge is 2.23. The molecule has 0 radical (unpaired) electrons. The molecule has 1 aliphatic rings. The maximum Gasteiger partial charge on any atom is 0.220 e. The molecule has 0 heterocycles. The van der Waals surface area contributed by atoms with Gasteiger partial charge in [-0.3, -0.25) is 4.79 Å². The van der Waals surface area contributed by atoms with Crippen LogP contribution in [0.25, 0.3) is 0 Å². The molecule has 22 heavy (non-hydrogen) atoms. The van der Waals surface area contributed by atoms with Crippen molar-refractivity contribution >= 4 is 5.91 Å². The molecule has 4 nitrogen and oxygen atoms in total. The highest BCUT2D eigenvalue weighted by atomic mass is 16.5. The van der Waals surface area contributed by atoms with E-state index in [0.29, 0.717) is 13.0 Å². The number of hydrogen-bond acceptors (Lipinski definition) is 3. The van der Waals surface area contributed by atoms with Crippen molar-refractivity contribution in [3.63, 3.8) is 0 Å². The van der Waals surface area contributed by atoms with Crippen molar-refractivity contribution in [1.82, 2.24) is 5.32 Å². The molecule has 1 saturated carbocycles. The van der Waals surface area contributed by atoms with E-state index in [0.717, 1.165) is 37.0 Å². The zero-order chi connectivity index (χ0) is 15.9. The lowest BCUT2D eigenvalue weighted by Crippen LogP contribution is -2.37. The van der Waals surface area contributed by atoms with Crippen molar-refractivity contribution in [3.8, 4) is 5.75 Å². The number of hydrogen-bond donors (Lipinski definition) is 2. The molecule has 122 valence electrons. The lowest BCUT2D eigenvalue weighted by molar-refractivity contribution is -0.121. The fourth-order valence-electron chi connectivity index (χ4n) is 3.09. The molecule has 1 amide bonds. The summed E-state index contributed by atoms with van der Waals surface area (Å²) in [6.45, 7) is 2.63. The molecule has 1 fully saturated rings. The standard InChI is InChI=1S/C18H27NO3/c1-13(14-7-5-8-16(11-14)22-2)10-18(21)19-12-15-6-3-4-9-17(15)20/h5,7-8,11,13,15,17,20H,3-4,6,9-10,12H2,1-2H3,(H,19,21)/t13-,15-,17-/m1/s1. The second-order valence-corrected chi connectivity index (χ2v) is 6.30. The normalized spacial score (nSPS) is 22.9. The zero-order valence-corrected chi connectivity index (χ0v) is 13.5. The highest BCUT2D eigenvalue weighted by Crippen LogP contribution is 2.25. The van der Waals surface area contributed by atoms with Gasteiger partial charge in [-0.2, -0.15) is 0 Å². The van der Waals surface area contributed by atoms with E-state index in [1.165, 1.54) is 0 Å². The Labute approximate surface area is 132 Å². The van der Waals surface area contributed by atoms with Gasteiger partial charge >= 0.3 is 0 Å². The molecular weight excluding hydrogens is 278 g/mol. The summed E-state index contributed by atoms with van der Waals surface area (Å²) < 4.78 is 5.22. The molecular formula is C18H27NO3. The molecule has 0 aliphatic heterocycles. The topological polar surface area (TPSA) is 58.6 Å². The third-order valence-electron chi connectivity index (χ3n) is 4.58. The van der Waals surface area contributed by atoms with Gasteiger partial charge in [-0.25, -0.2) is 0 Å². The van der Waals surface area contributed by atoms with Crippen molar-refractivity contribution in [1.29, 1.82) is 0 Å². The first-order chi connectivity index (χ1) is 10.6. The third kappa shape index (κ3) is 4.73. The van der Waals surface area contributed by atoms with Crippen LogP contribution in [0.15, 0.2) is 24.3 Å². The van der Waals surface area contributed by atoms with Crippen LogP contribution in [0.4, 0.5) is 0 Å². The Hall–Kier alpha value is -1.55. The monoisotopic (exact) mass is 305 g/mol. The lowest BCUT2D eigenvalue weighted by Gasteiger charge is -2.27. The first kappa shape index (κ1) is 16.8. The van der Waals surface area contributed by atoms with E-state index < -0.39 is 0 Å². The van der Waals surface area contributed by atoms with Crippen LogP contribution in [0.5, 0.6) is 5.75 Å². The minimum atomic E-state index is -0.259. The second-order valence-electron chi connectivity index (χ2n) is 6.30. The maximum atomic E-state index is 12.1. The predicted molar refractivity (Wildman–Crippen MR) is 87.0 cm³/mol. The quantitative estimate of drug-likeness (QED) is 0.849. The largest absolute Gasteiger partial charge is 0.497 e. The molecule has 2 rings (SSSR count). The van der Waals surface area contributed by atoms with Crippen LogP contribution in [-0.4, -0.2) is 30.8 Å². The van der Waals surface area contributed by atoms with E-state index in [1.807, 2.05) is 31.2 Å². The Morgan fingerprint density at radius 3 is 2.91 bits per heavy atom. The van der Waals surface area contributed by atoms with Crippen molar-refractivity contribution in [2.45, 2.75) is 51.0 Å². The molecule has 0 unspecified atom stereocenters. The second kappa shape index (κ2) is 8.18. The summed E-state index contributed by atoms with van der Waals surface area (Å²) in [4.78, 5) is 12.1. The van der Waals surface area contributed by atoms with Crippen molar-refractivity contribution in [3.05, 3.63) is 29.8 Å². The Morgan fingerprint density at radius 2 is 2.18 bits per heavy atom. The number of benzene rings is 1. The van der Waals surface area contributed by atoms with Crippen LogP contribution in [-0.2, 0) is 4.79 Å². The molecule has 0 spiro atoms. The Morgan fingerprint density at radius 1 is 1.41 bits per heavy atom. The molecule has 2 N–H and O–H groups in total. The molecule has 1 aliphatic carbocycles. The molecule has 3 atom stereocenters. The molecule has 1 aromatic rings. The minimum Gasteiger partial charge on any atom is -0.497 e. The third-order valence-corrected chi connectivity index (χ3v) is 4.58. The van der Waals surface area contributed by atoms with Gasteiger partial charge in [0.15, 0.2) is 0 Å². The summed E-state index contributed by atoms with van der Waals surface area (Å²) in [5, 5.41) is 12.9. The number of aliphatic hydroxyl groups is 1. The van der Waals surface area contributed by atoms with Crippen LogP contribution in [0.2, 0.25) is 0 Å². The fraction of sp³-hybridized carbons (Fsp3) is 0.611. The van der Waals surface area contributed by atoms with Crippen molar-refractivity contribution < 1.29 is 14.6 Å². The summed E-state index contributed by atoms with van der Waals surface area (Å²) in [5.41, 5.74) is 1.10. The molecule has 4 heteroatoms. The van der Waals surface area contributed by atoms with Crippen molar-refractivity contribution in [2.24, 2.45) is 5.92 Å². The summed E-state index contributed by atoms with van der Waals surface area (Å²) in [5.74, 6) is 1.22. The maximum absolute atomic E-state index is 12.1. The number of methoxy groups -OCH3 is 1. The molecule has 0 saturated heterocycles. The van der Waals surface area contributed by atoms with Crippen LogP contribution >= 0.6 is 0 Å². The highest BCUT2D eigenvalue weighted by molar-refractivity contribution is 5.76. The number of nitrogens with one attached hydrogen (secondary N) is 1. The van der Waals surface area contributed by atoms with E-state index in [2.05, 4.69) is 5.32 Å². The number of carbonyl (C=O) groups is 1. The molecule has 1 aromatic carbocycles. The van der Waals surface area contributed by atoms with Gasteiger partial charge in [0.25, 0.3) is 0 Å². The number of rotatable bonds is 6. The van der Waals surface area contributed by atoms with E-state index in [1.54, 1.807) is 7.11 Å². The van der Waals surface area contributed by atoms with Crippen LogP contribution in [0.3, 0.4) is 0 Å². The first-order valence-corrected chi connectivity index (χ1v) is 8.19. The Kier molecular flexibility index (Phi) is 6.25. The Balaban J connectivity index is 1.80. The van der Waals surface area contributed by atoms with Gasteiger partial charge in [-0.15, -0.1) is 0 Å². The molecule has 0 aromatic heterocycles. The number of carbonyl (C=O) groups excluding carboxylic acids is 1. The summed E-state index contributed by atoms with van der Waals surface area (Å²) in [6.07, 6.45) is 4.31. The fourth-order valence-corrected chi connectivity index (χ4v) is 3.09. The molecule has 0 bridgehead atoms. The average Bonchev–Trinajstić information content (AvgIpc) is 2.54. The lowest BCUT2D eigenvalue weighted by atomic mass is 9.86. The van der Waals surface area contributed by atoms with Gasteiger partial charge in [0.1, 0.15) is 5.75 Å². The van der Waals surface area contributed by atoms with Gasteiger partial charge < -0.3 is 15.2 Å².